The van der Waals surface area contributed by atoms with E-state index in [1.54, 1.807) is 26.8 Å². The molecule has 4 nitrogen and oxygen atoms in total. The van der Waals surface area contributed by atoms with E-state index in [9.17, 15) is 22.4 Å². The number of fused-ring (bicyclic) bond motifs is 1. The van der Waals surface area contributed by atoms with E-state index in [1.165, 1.54) is 17.0 Å². The molecule has 1 aliphatic rings. The van der Waals surface area contributed by atoms with Gasteiger partial charge in [0.25, 0.3) is 0 Å². The molecule has 0 atom stereocenters. The summed E-state index contributed by atoms with van der Waals surface area (Å²) in [6, 6.07) is 4.51. The number of rotatable bonds is 1. The van der Waals surface area contributed by atoms with Crippen LogP contribution in [0.25, 0.3) is 11.1 Å². The number of benzene rings is 1. The highest BCUT2D eigenvalue weighted by molar-refractivity contribution is 5.72. The Kier molecular flexibility index (Phi) is 4.61. The normalized spacial score (nSPS) is 14.3. The van der Waals surface area contributed by atoms with E-state index in [1.807, 2.05) is 0 Å². The number of pyridine rings is 1. The lowest BCUT2D eigenvalue weighted by Crippen LogP contribution is -2.33. The molecule has 3 rings (SSSR count). The smallest absolute Gasteiger partial charge is 0.418 e. The molecule has 27 heavy (non-hydrogen) atoms. The lowest BCUT2D eigenvalue weighted by atomic mass is 9.97. The quantitative estimate of drug-likeness (QED) is 0.640. The molecule has 0 N–H and O–H groups in total. The Morgan fingerprint density at radius 1 is 1.11 bits per heavy atom. The molecule has 0 radical (unpaired) electrons. The summed E-state index contributed by atoms with van der Waals surface area (Å²) < 4.78 is 59.2. The summed E-state index contributed by atoms with van der Waals surface area (Å²) in [5.74, 6) is -1.05. The molecule has 2 heterocycles. The number of nitrogens with zero attached hydrogens (tertiary/aromatic N) is 2. The summed E-state index contributed by atoms with van der Waals surface area (Å²) in [4.78, 5) is 17.0. The van der Waals surface area contributed by atoms with Crippen molar-refractivity contribution in [3.63, 3.8) is 0 Å². The molecule has 0 saturated heterocycles. The molecule has 0 bridgehead atoms. The van der Waals surface area contributed by atoms with Crippen LogP contribution in [0.3, 0.4) is 0 Å². The largest absolute Gasteiger partial charge is 0.444 e. The van der Waals surface area contributed by atoms with Crippen LogP contribution in [0.1, 0.15) is 37.5 Å². The highest BCUT2D eigenvalue weighted by Gasteiger charge is 2.36. The number of halogens is 4. The first kappa shape index (κ1) is 19.1. The lowest BCUT2D eigenvalue weighted by molar-refractivity contribution is -0.137. The van der Waals surface area contributed by atoms with Gasteiger partial charge >= 0.3 is 12.3 Å². The number of carbonyl (C=O) groups is 1. The topological polar surface area (TPSA) is 42.4 Å². The zero-order valence-electron chi connectivity index (χ0n) is 15.0. The molecule has 144 valence electrons. The molecular weight excluding hydrogens is 364 g/mol. The number of alkyl halides is 3. The number of hydrogen-bond acceptors (Lipinski definition) is 3. The van der Waals surface area contributed by atoms with Crippen LogP contribution in [0.2, 0.25) is 0 Å². The van der Waals surface area contributed by atoms with Gasteiger partial charge in [0.2, 0.25) is 0 Å². The van der Waals surface area contributed by atoms with Crippen molar-refractivity contribution in [2.75, 3.05) is 0 Å². The Morgan fingerprint density at radius 3 is 2.41 bits per heavy atom. The summed E-state index contributed by atoms with van der Waals surface area (Å²) in [7, 11) is 0. The van der Waals surface area contributed by atoms with E-state index < -0.39 is 34.8 Å². The second-order valence-electron chi connectivity index (χ2n) is 7.36. The molecular formula is C19H18F4N2O2. The Hall–Kier alpha value is -2.64. The zero-order chi connectivity index (χ0) is 20.0. The van der Waals surface area contributed by atoms with Gasteiger partial charge in [-0.1, -0.05) is 12.1 Å². The van der Waals surface area contributed by atoms with Crippen molar-refractivity contribution in [3.8, 4) is 11.1 Å². The Balaban J connectivity index is 1.93. The molecule has 1 amide bonds. The molecule has 2 aromatic rings. The zero-order valence-corrected chi connectivity index (χ0v) is 15.0. The predicted octanol–water partition coefficient (Wildman–Crippen LogP) is 5.16. The van der Waals surface area contributed by atoms with Gasteiger partial charge in [-0.3, -0.25) is 9.88 Å². The number of ether oxygens (including phenoxy) is 1. The highest BCUT2D eigenvalue weighted by atomic mass is 19.4. The molecule has 1 aromatic carbocycles. The molecule has 1 aliphatic heterocycles. The summed E-state index contributed by atoms with van der Waals surface area (Å²) in [5.41, 5.74) is -0.804. The third-order valence-corrected chi connectivity index (χ3v) is 4.07. The first-order valence-corrected chi connectivity index (χ1v) is 8.26. The number of carbonyl (C=O) groups excluding carboxylic acids is 1. The molecule has 0 spiro atoms. The Labute approximate surface area is 153 Å². The van der Waals surface area contributed by atoms with Crippen molar-refractivity contribution >= 4 is 6.09 Å². The van der Waals surface area contributed by atoms with E-state index in [4.69, 9.17) is 4.74 Å². The van der Waals surface area contributed by atoms with Crippen LogP contribution < -0.4 is 0 Å². The van der Waals surface area contributed by atoms with Crippen molar-refractivity contribution in [1.29, 1.82) is 0 Å². The standard InChI is InChI=1S/C19H18F4N2O2/c1-18(2,3)27-17(26)25-9-12-5-4-11(6-13(12)10-25)16-14(19(21,22)23)7-24-8-15(16)20/h4-8H,9-10H2,1-3H3. The Bertz CT molecular complexity index is 888. The van der Waals surface area contributed by atoms with Crippen LogP contribution >= 0.6 is 0 Å². The Morgan fingerprint density at radius 2 is 1.78 bits per heavy atom. The van der Waals surface area contributed by atoms with Crippen molar-refractivity contribution in [1.82, 2.24) is 9.88 Å². The molecule has 0 unspecified atom stereocenters. The maximum atomic E-state index is 14.2. The number of hydrogen-bond donors (Lipinski definition) is 0. The van der Waals surface area contributed by atoms with Gasteiger partial charge < -0.3 is 4.74 Å². The average Bonchev–Trinajstić information content (AvgIpc) is 2.95. The minimum atomic E-state index is -4.73. The summed E-state index contributed by atoms with van der Waals surface area (Å²) in [6.45, 7) is 5.72. The monoisotopic (exact) mass is 382 g/mol. The first-order valence-electron chi connectivity index (χ1n) is 8.26. The summed E-state index contributed by atoms with van der Waals surface area (Å²) >= 11 is 0. The van der Waals surface area contributed by atoms with Gasteiger partial charge in [-0.15, -0.1) is 0 Å². The van der Waals surface area contributed by atoms with E-state index in [2.05, 4.69) is 4.98 Å². The molecule has 0 fully saturated rings. The minimum absolute atomic E-state index is 0.0898. The minimum Gasteiger partial charge on any atom is -0.444 e. The predicted molar refractivity (Wildman–Crippen MR) is 90.1 cm³/mol. The van der Waals surface area contributed by atoms with Gasteiger partial charge in [0.05, 0.1) is 11.8 Å². The van der Waals surface area contributed by atoms with Crippen LogP contribution in [0.4, 0.5) is 22.4 Å². The van der Waals surface area contributed by atoms with Crippen molar-refractivity contribution in [2.45, 2.75) is 45.6 Å². The fraction of sp³-hybridized carbons (Fsp3) is 0.368. The van der Waals surface area contributed by atoms with Gasteiger partial charge in [-0.25, -0.2) is 9.18 Å². The SMILES string of the molecule is CC(C)(C)OC(=O)N1Cc2ccc(-c3c(F)cncc3C(F)(F)F)cc2C1. The van der Waals surface area contributed by atoms with Crippen LogP contribution in [-0.4, -0.2) is 21.6 Å². The molecule has 0 aliphatic carbocycles. The third-order valence-electron chi connectivity index (χ3n) is 4.07. The van der Waals surface area contributed by atoms with E-state index in [-0.39, 0.29) is 18.7 Å². The van der Waals surface area contributed by atoms with Crippen molar-refractivity contribution < 1.29 is 27.1 Å². The fourth-order valence-electron chi connectivity index (χ4n) is 2.95. The maximum Gasteiger partial charge on any atom is 0.418 e. The van der Waals surface area contributed by atoms with Gasteiger partial charge in [0.1, 0.15) is 11.4 Å². The van der Waals surface area contributed by atoms with Crippen LogP contribution in [0, 0.1) is 5.82 Å². The maximum absolute atomic E-state index is 14.2. The highest BCUT2D eigenvalue weighted by Crippen LogP contribution is 2.39. The van der Waals surface area contributed by atoms with Gasteiger partial charge in [-0.2, -0.15) is 13.2 Å². The van der Waals surface area contributed by atoms with Crippen LogP contribution in [-0.2, 0) is 24.0 Å². The summed E-state index contributed by atoms with van der Waals surface area (Å²) in [6.07, 6.45) is -3.87. The van der Waals surface area contributed by atoms with Crippen molar-refractivity contribution in [2.24, 2.45) is 0 Å². The molecule has 8 heteroatoms. The molecule has 0 saturated carbocycles. The van der Waals surface area contributed by atoms with Gasteiger partial charge in [0, 0.05) is 24.8 Å². The third kappa shape index (κ3) is 4.04. The number of amides is 1. The van der Waals surface area contributed by atoms with E-state index in [0.717, 1.165) is 11.8 Å². The van der Waals surface area contributed by atoms with Crippen LogP contribution in [0.15, 0.2) is 30.6 Å². The second-order valence-corrected chi connectivity index (χ2v) is 7.36. The molecule has 1 aromatic heterocycles. The lowest BCUT2D eigenvalue weighted by Gasteiger charge is -2.24. The van der Waals surface area contributed by atoms with Crippen LogP contribution in [0.5, 0.6) is 0 Å². The first-order chi connectivity index (χ1) is 12.5. The average molecular weight is 382 g/mol. The van der Waals surface area contributed by atoms with E-state index in [0.29, 0.717) is 11.8 Å². The van der Waals surface area contributed by atoms with E-state index >= 15 is 0 Å². The number of aromatic nitrogens is 1. The fourth-order valence-corrected chi connectivity index (χ4v) is 2.95. The van der Waals surface area contributed by atoms with Crippen molar-refractivity contribution in [3.05, 3.63) is 53.1 Å². The second kappa shape index (κ2) is 6.51. The van der Waals surface area contributed by atoms with Gasteiger partial charge in [0.15, 0.2) is 0 Å². The summed E-state index contributed by atoms with van der Waals surface area (Å²) in [5, 5.41) is 0. The van der Waals surface area contributed by atoms with Gasteiger partial charge in [-0.05, 0) is 43.5 Å².